The molecule has 1 N–H and O–H groups in total. The highest BCUT2D eigenvalue weighted by Crippen LogP contribution is 2.36. The van der Waals surface area contributed by atoms with Crippen LogP contribution < -0.4 is 0 Å². The summed E-state index contributed by atoms with van der Waals surface area (Å²) in [5.41, 5.74) is 2.95. The number of thioether (sulfide) groups is 1. The van der Waals surface area contributed by atoms with Crippen LogP contribution in [-0.2, 0) is 11.3 Å². The second kappa shape index (κ2) is 8.54. The zero-order valence-corrected chi connectivity index (χ0v) is 20.1. The summed E-state index contributed by atoms with van der Waals surface area (Å²) in [6.07, 6.45) is -3.22. The molecule has 0 saturated heterocycles. The second-order valence-electron chi connectivity index (χ2n) is 7.76. The minimum atomic E-state index is -4.70. The minimum Gasteiger partial charge on any atom is -0.340 e. The molecule has 2 aromatic carbocycles. The van der Waals surface area contributed by atoms with Crippen molar-refractivity contribution in [3.63, 3.8) is 0 Å². The Hall–Kier alpha value is -3.08. The number of fused-ring (bicyclic) bond motifs is 2. The first-order valence-electron chi connectivity index (χ1n) is 10.1. The fourth-order valence-electron chi connectivity index (χ4n) is 3.91. The lowest BCUT2D eigenvalue weighted by atomic mass is 10.1. The monoisotopic (exact) mass is 535 g/mol. The van der Waals surface area contributed by atoms with E-state index in [0.717, 1.165) is 27.2 Å². The number of aliphatic imine (C=N–C) groups is 1. The van der Waals surface area contributed by atoms with Gasteiger partial charge in [0.05, 0.1) is 5.57 Å². The molecule has 2 aliphatic rings. The molecule has 0 fully saturated rings. The molecule has 3 heterocycles. The quantitative estimate of drug-likeness (QED) is 0.389. The maximum Gasteiger partial charge on any atom is 0.441 e. The molecule has 178 valence electrons. The van der Waals surface area contributed by atoms with E-state index < -0.39 is 23.0 Å². The number of carbonyl (C=O) groups is 1. The van der Waals surface area contributed by atoms with Gasteiger partial charge < -0.3 is 4.57 Å². The predicted octanol–water partition coefficient (Wildman–Crippen LogP) is 6.49. The summed E-state index contributed by atoms with van der Waals surface area (Å²) < 4.78 is 41.3. The first-order valence-corrected chi connectivity index (χ1v) is 11.7. The van der Waals surface area contributed by atoms with Gasteiger partial charge in [0, 0.05) is 38.8 Å². The number of para-hydroxylation sites is 1. The first-order chi connectivity index (χ1) is 16.5. The molecule has 1 amide bonds. The molecule has 6 nitrogen and oxygen atoms in total. The van der Waals surface area contributed by atoms with Gasteiger partial charge in [-0.05, 0) is 48.5 Å². The minimum absolute atomic E-state index is 0.156. The van der Waals surface area contributed by atoms with Crippen molar-refractivity contribution in [1.29, 1.82) is 5.41 Å². The molecule has 0 aliphatic carbocycles. The van der Waals surface area contributed by atoms with E-state index in [1.54, 1.807) is 12.1 Å². The number of hydrazone groups is 1. The average Bonchev–Trinajstić information content (AvgIpc) is 3.33. The van der Waals surface area contributed by atoms with Gasteiger partial charge in [-0.3, -0.25) is 10.2 Å². The Bertz CT molecular complexity index is 1520. The number of carbonyl (C=O) groups excluding carboxylic acids is 1. The van der Waals surface area contributed by atoms with Gasteiger partial charge in [0.1, 0.15) is 0 Å². The summed E-state index contributed by atoms with van der Waals surface area (Å²) in [6, 6.07) is 12.7. The normalized spacial score (nSPS) is 17.3. The van der Waals surface area contributed by atoms with Crippen LogP contribution in [0, 0.1) is 12.3 Å². The Morgan fingerprint density at radius 1 is 1.17 bits per heavy atom. The van der Waals surface area contributed by atoms with Gasteiger partial charge >= 0.3 is 6.18 Å². The lowest BCUT2D eigenvalue weighted by Crippen LogP contribution is -2.35. The summed E-state index contributed by atoms with van der Waals surface area (Å²) in [5, 5.41) is 12.9. The van der Waals surface area contributed by atoms with E-state index in [4.69, 9.17) is 28.6 Å². The Morgan fingerprint density at radius 2 is 1.91 bits per heavy atom. The third kappa shape index (κ3) is 4.15. The number of benzene rings is 2. The van der Waals surface area contributed by atoms with Gasteiger partial charge in [0.2, 0.25) is 10.2 Å². The Morgan fingerprint density at radius 3 is 2.63 bits per heavy atom. The molecule has 0 bridgehead atoms. The first kappa shape index (κ1) is 23.7. The third-order valence-corrected chi connectivity index (χ3v) is 7.15. The van der Waals surface area contributed by atoms with Crippen molar-refractivity contribution in [3.8, 4) is 0 Å². The SMILES string of the molecule is Cc1c(/C=C2\C(=N)N3N=C(C(F)(F)F)SC3=NC2=O)c2ccccc2n1Cc1ccc(Cl)cc1Cl. The van der Waals surface area contributed by atoms with Crippen LogP contribution in [0.5, 0.6) is 0 Å². The van der Waals surface area contributed by atoms with Gasteiger partial charge in [-0.25, -0.2) is 0 Å². The summed E-state index contributed by atoms with van der Waals surface area (Å²) in [4.78, 5) is 16.5. The van der Waals surface area contributed by atoms with Crippen LogP contribution in [0.1, 0.15) is 16.8 Å². The van der Waals surface area contributed by atoms with E-state index >= 15 is 0 Å². The second-order valence-corrected chi connectivity index (χ2v) is 9.56. The van der Waals surface area contributed by atoms with Gasteiger partial charge in [-0.1, -0.05) is 47.5 Å². The molecular weight excluding hydrogens is 522 g/mol. The number of aromatic nitrogens is 1. The van der Waals surface area contributed by atoms with E-state index in [0.29, 0.717) is 22.2 Å². The van der Waals surface area contributed by atoms with Crippen LogP contribution in [0.25, 0.3) is 17.0 Å². The highest BCUT2D eigenvalue weighted by atomic mass is 35.5. The fraction of sp³-hybridized carbons (Fsp3) is 0.130. The zero-order valence-electron chi connectivity index (χ0n) is 17.8. The number of hydrogen-bond donors (Lipinski definition) is 1. The van der Waals surface area contributed by atoms with Gasteiger partial charge in [-0.15, -0.1) is 0 Å². The molecule has 0 spiro atoms. The van der Waals surface area contributed by atoms with Crippen molar-refractivity contribution in [2.24, 2.45) is 10.1 Å². The molecule has 0 atom stereocenters. The molecule has 3 aromatic rings. The number of hydrogen-bond acceptors (Lipinski definition) is 4. The number of nitrogens with one attached hydrogen (secondary N) is 1. The molecule has 35 heavy (non-hydrogen) atoms. The number of nitrogens with zero attached hydrogens (tertiary/aromatic N) is 4. The highest BCUT2D eigenvalue weighted by molar-refractivity contribution is 8.27. The average molecular weight is 536 g/mol. The van der Waals surface area contributed by atoms with Crippen molar-refractivity contribution in [3.05, 3.63) is 74.9 Å². The van der Waals surface area contributed by atoms with Crippen LogP contribution in [0.4, 0.5) is 13.2 Å². The number of rotatable bonds is 3. The fourth-order valence-corrected chi connectivity index (χ4v) is 5.14. The third-order valence-electron chi connectivity index (χ3n) is 5.61. The Labute approximate surface area is 211 Å². The molecule has 5 rings (SSSR count). The van der Waals surface area contributed by atoms with E-state index in [2.05, 4.69) is 10.1 Å². The van der Waals surface area contributed by atoms with Crippen LogP contribution >= 0.6 is 35.0 Å². The summed E-state index contributed by atoms with van der Waals surface area (Å²) in [6.45, 7) is 2.27. The lowest BCUT2D eigenvalue weighted by Gasteiger charge is -2.20. The molecule has 0 radical (unpaired) electrons. The summed E-state index contributed by atoms with van der Waals surface area (Å²) >= 11 is 12.6. The maximum atomic E-state index is 13.1. The Kier molecular flexibility index (Phi) is 5.77. The number of amidine groups is 2. The van der Waals surface area contributed by atoms with Crippen molar-refractivity contribution in [1.82, 2.24) is 9.58 Å². The van der Waals surface area contributed by atoms with Crippen LogP contribution in [0.2, 0.25) is 10.0 Å². The molecule has 12 heteroatoms. The molecular formula is C23H14Cl2F3N5OS. The molecule has 2 aliphatic heterocycles. The van der Waals surface area contributed by atoms with Crippen LogP contribution in [0.3, 0.4) is 0 Å². The van der Waals surface area contributed by atoms with Crippen molar-refractivity contribution in [2.45, 2.75) is 19.6 Å². The van der Waals surface area contributed by atoms with Crippen molar-refractivity contribution < 1.29 is 18.0 Å². The van der Waals surface area contributed by atoms with E-state index in [1.807, 2.05) is 41.8 Å². The van der Waals surface area contributed by atoms with Gasteiger partial charge in [0.15, 0.2) is 5.84 Å². The van der Waals surface area contributed by atoms with Crippen molar-refractivity contribution >= 4 is 73.9 Å². The van der Waals surface area contributed by atoms with E-state index in [9.17, 15) is 18.0 Å². The topological polar surface area (TPSA) is 73.8 Å². The van der Waals surface area contributed by atoms with Crippen LogP contribution in [-0.4, -0.2) is 37.7 Å². The summed E-state index contributed by atoms with van der Waals surface area (Å²) in [7, 11) is 0. The maximum absolute atomic E-state index is 13.1. The zero-order chi connectivity index (χ0) is 25.1. The Balaban J connectivity index is 1.60. The molecule has 0 unspecified atom stereocenters. The number of halogens is 5. The van der Waals surface area contributed by atoms with E-state index in [-0.39, 0.29) is 22.5 Å². The largest absolute Gasteiger partial charge is 0.441 e. The van der Waals surface area contributed by atoms with Crippen molar-refractivity contribution in [2.75, 3.05) is 0 Å². The standard InChI is InChI=1S/C23H14Cl2F3N5OS/c1-11-15(9-16-19(29)33-22(30-20(16)34)35-21(31-33)23(26,27)28)14-4-2-3-5-18(14)32(11)10-12-6-7-13(24)8-17(12)25/h2-9,29H,10H2,1H3/b16-9+,29-19?. The molecule has 0 saturated carbocycles. The predicted molar refractivity (Wildman–Crippen MR) is 133 cm³/mol. The lowest BCUT2D eigenvalue weighted by molar-refractivity contribution is -0.114. The van der Waals surface area contributed by atoms with E-state index in [1.165, 1.54) is 6.08 Å². The number of alkyl halides is 3. The highest BCUT2D eigenvalue weighted by Gasteiger charge is 2.46. The van der Waals surface area contributed by atoms with Crippen LogP contribution in [0.15, 0.2) is 58.1 Å². The number of amides is 1. The van der Waals surface area contributed by atoms with Gasteiger partial charge in [0.25, 0.3) is 5.91 Å². The smallest absolute Gasteiger partial charge is 0.340 e. The summed E-state index contributed by atoms with van der Waals surface area (Å²) in [5.74, 6) is -1.27. The van der Waals surface area contributed by atoms with Gasteiger partial charge in [-0.2, -0.15) is 28.3 Å². The molecule has 1 aromatic heterocycles.